The van der Waals surface area contributed by atoms with Crippen LogP contribution in [0, 0.1) is 15.9 Å². The third-order valence-corrected chi connectivity index (χ3v) is 2.52. The van der Waals surface area contributed by atoms with Crippen molar-refractivity contribution in [2.45, 2.75) is 6.61 Å². The lowest BCUT2D eigenvalue weighted by Gasteiger charge is -2.08. The molecule has 21 heavy (non-hydrogen) atoms. The van der Waals surface area contributed by atoms with Crippen molar-refractivity contribution in [3.63, 3.8) is 0 Å². The predicted octanol–water partition coefficient (Wildman–Crippen LogP) is 1.80. The summed E-state index contributed by atoms with van der Waals surface area (Å²) in [6.45, 7) is -0.439. The molecule has 108 valence electrons. The van der Waals surface area contributed by atoms with E-state index in [4.69, 9.17) is 9.84 Å². The third-order valence-electron chi connectivity index (χ3n) is 2.52. The van der Waals surface area contributed by atoms with Crippen LogP contribution in [0.15, 0.2) is 30.7 Å². The lowest BCUT2D eigenvalue weighted by atomic mass is 10.2. The van der Waals surface area contributed by atoms with E-state index in [0.717, 1.165) is 24.7 Å². The molecule has 0 spiro atoms. The summed E-state index contributed by atoms with van der Waals surface area (Å²) in [6, 6.07) is 3.25. The molecule has 8 nitrogen and oxygen atoms in total. The summed E-state index contributed by atoms with van der Waals surface area (Å²) >= 11 is 0. The standard InChI is InChI=1S/C12H8FN3O5/c13-8-2-1-3-10(16(19)20)11(8)21-5-9-7(12(17)18)4-14-6-15-9/h1-4,6H,5H2,(H,17,18). The van der Waals surface area contributed by atoms with Crippen LogP contribution in [-0.4, -0.2) is 26.0 Å². The lowest BCUT2D eigenvalue weighted by Crippen LogP contribution is -2.09. The van der Waals surface area contributed by atoms with Gasteiger partial charge in [0.15, 0.2) is 5.82 Å². The summed E-state index contributed by atoms with van der Waals surface area (Å²) in [5.41, 5.74) is -0.799. The Labute approximate surface area is 117 Å². The maximum Gasteiger partial charge on any atom is 0.339 e. The van der Waals surface area contributed by atoms with Crippen molar-refractivity contribution in [1.82, 2.24) is 9.97 Å². The van der Waals surface area contributed by atoms with Gasteiger partial charge in [0.2, 0.25) is 5.75 Å². The molecule has 0 radical (unpaired) electrons. The second-order valence-corrected chi connectivity index (χ2v) is 3.82. The molecule has 0 saturated carbocycles. The molecule has 0 amide bonds. The van der Waals surface area contributed by atoms with Crippen molar-refractivity contribution in [1.29, 1.82) is 0 Å². The number of carbonyl (C=O) groups is 1. The Hall–Kier alpha value is -3.10. The van der Waals surface area contributed by atoms with Gasteiger partial charge in [0, 0.05) is 12.3 Å². The molecule has 0 aliphatic rings. The zero-order valence-corrected chi connectivity index (χ0v) is 10.4. The number of halogens is 1. The van der Waals surface area contributed by atoms with Gasteiger partial charge in [-0.3, -0.25) is 10.1 Å². The molecule has 0 bridgehead atoms. The van der Waals surface area contributed by atoms with Gasteiger partial charge in [-0.1, -0.05) is 6.07 Å². The topological polar surface area (TPSA) is 115 Å². The van der Waals surface area contributed by atoms with Crippen LogP contribution in [0.2, 0.25) is 0 Å². The number of nitrogens with zero attached hydrogens (tertiary/aromatic N) is 3. The highest BCUT2D eigenvalue weighted by atomic mass is 19.1. The van der Waals surface area contributed by atoms with E-state index in [1.54, 1.807) is 0 Å². The van der Waals surface area contributed by atoms with Crippen LogP contribution >= 0.6 is 0 Å². The molecule has 0 fully saturated rings. The van der Waals surface area contributed by atoms with Crippen molar-refractivity contribution in [2.24, 2.45) is 0 Å². The quantitative estimate of drug-likeness (QED) is 0.660. The second kappa shape index (κ2) is 5.90. The number of rotatable bonds is 5. The highest BCUT2D eigenvalue weighted by Gasteiger charge is 2.21. The molecule has 0 unspecified atom stereocenters. The first-order chi connectivity index (χ1) is 10.0. The summed E-state index contributed by atoms with van der Waals surface area (Å²) in [5, 5.41) is 19.7. The van der Waals surface area contributed by atoms with Crippen molar-refractivity contribution >= 4 is 11.7 Å². The van der Waals surface area contributed by atoms with Crippen molar-refractivity contribution in [3.05, 3.63) is 57.9 Å². The molecule has 0 saturated heterocycles. The number of hydrogen-bond donors (Lipinski definition) is 1. The van der Waals surface area contributed by atoms with Gasteiger partial charge < -0.3 is 9.84 Å². The largest absolute Gasteiger partial charge is 0.478 e. The van der Waals surface area contributed by atoms with Crippen molar-refractivity contribution in [3.8, 4) is 5.75 Å². The molecule has 1 heterocycles. The van der Waals surface area contributed by atoms with E-state index in [0.29, 0.717) is 0 Å². The van der Waals surface area contributed by atoms with Crippen LogP contribution in [0.25, 0.3) is 0 Å². The van der Waals surface area contributed by atoms with Gasteiger partial charge in [-0.25, -0.2) is 19.2 Å². The average molecular weight is 293 g/mol. The zero-order valence-electron chi connectivity index (χ0n) is 10.4. The number of nitro groups is 1. The highest BCUT2D eigenvalue weighted by Crippen LogP contribution is 2.30. The summed E-state index contributed by atoms with van der Waals surface area (Å²) in [6.07, 6.45) is 2.16. The minimum Gasteiger partial charge on any atom is -0.478 e. The smallest absolute Gasteiger partial charge is 0.339 e. The van der Waals surface area contributed by atoms with Crippen LogP contribution in [0.1, 0.15) is 16.1 Å². The van der Waals surface area contributed by atoms with Crippen LogP contribution in [0.3, 0.4) is 0 Å². The molecule has 1 aromatic heterocycles. The highest BCUT2D eigenvalue weighted by molar-refractivity contribution is 5.88. The Morgan fingerprint density at radius 1 is 1.48 bits per heavy atom. The molecule has 1 aromatic carbocycles. The summed E-state index contributed by atoms with van der Waals surface area (Å²) in [7, 11) is 0. The van der Waals surface area contributed by atoms with E-state index in [1.165, 1.54) is 6.07 Å². The number of aromatic carboxylic acids is 1. The number of carboxylic acids is 1. The van der Waals surface area contributed by atoms with E-state index < -0.39 is 34.8 Å². The summed E-state index contributed by atoms with van der Waals surface area (Å²) in [5.74, 6) is -2.77. The number of aromatic nitrogens is 2. The van der Waals surface area contributed by atoms with Gasteiger partial charge >= 0.3 is 11.7 Å². The maximum atomic E-state index is 13.6. The van der Waals surface area contributed by atoms with E-state index in [9.17, 15) is 19.3 Å². The first-order valence-electron chi connectivity index (χ1n) is 5.58. The van der Waals surface area contributed by atoms with Gasteiger partial charge in [-0.15, -0.1) is 0 Å². The monoisotopic (exact) mass is 293 g/mol. The summed E-state index contributed by atoms with van der Waals surface area (Å²) < 4.78 is 18.6. The molecular formula is C12H8FN3O5. The summed E-state index contributed by atoms with van der Waals surface area (Å²) in [4.78, 5) is 28.2. The Balaban J connectivity index is 2.29. The molecule has 1 N–H and O–H groups in total. The Morgan fingerprint density at radius 3 is 2.90 bits per heavy atom. The van der Waals surface area contributed by atoms with Crippen LogP contribution in [-0.2, 0) is 6.61 Å². The Bertz CT molecular complexity index is 707. The number of nitro benzene ring substituents is 1. The predicted molar refractivity (Wildman–Crippen MR) is 66.4 cm³/mol. The lowest BCUT2D eigenvalue weighted by molar-refractivity contribution is -0.386. The number of carboxylic acid groups (broad SMARTS) is 1. The van der Waals surface area contributed by atoms with E-state index in [-0.39, 0.29) is 11.3 Å². The van der Waals surface area contributed by atoms with Crippen LogP contribution in [0.4, 0.5) is 10.1 Å². The number of para-hydroxylation sites is 1. The van der Waals surface area contributed by atoms with Gasteiger partial charge in [0.05, 0.1) is 10.6 Å². The molecule has 2 aromatic rings. The Kier molecular flexibility index (Phi) is 4.02. The fourth-order valence-corrected chi connectivity index (χ4v) is 1.57. The fourth-order valence-electron chi connectivity index (χ4n) is 1.57. The number of benzene rings is 1. The van der Waals surface area contributed by atoms with Gasteiger partial charge in [0.25, 0.3) is 0 Å². The average Bonchev–Trinajstić information content (AvgIpc) is 2.45. The van der Waals surface area contributed by atoms with E-state index in [1.807, 2.05) is 0 Å². The SMILES string of the molecule is O=C(O)c1cncnc1COc1c(F)cccc1[N+](=O)[O-]. The molecular weight excluding hydrogens is 285 g/mol. The van der Waals surface area contributed by atoms with Gasteiger partial charge in [-0.2, -0.15) is 0 Å². The number of hydrogen-bond acceptors (Lipinski definition) is 6. The van der Waals surface area contributed by atoms with Gasteiger partial charge in [0.1, 0.15) is 18.5 Å². The van der Waals surface area contributed by atoms with Crippen molar-refractivity contribution in [2.75, 3.05) is 0 Å². The first-order valence-corrected chi connectivity index (χ1v) is 5.58. The third kappa shape index (κ3) is 3.08. The maximum absolute atomic E-state index is 13.6. The van der Waals surface area contributed by atoms with Crippen LogP contribution < -0.4 is 4.74 Å². The normalized spacial score (nSPS) is 10.1. The molecule has 0 aliphatic heterocycles. The van der Waals surface area contributed by atoms with Crippen LogP contribution in [0.5, 0.6) is 5.75 Å². The number of ether oxygens (including phenoxy) is 1. The zero-order chi connectivity index (χ0) is 15.4. The van der Waals surface area contributed by atoms with Crippen molar-refractivity contribution < 1.29 is 24.0 Å². The molecule has 2 rings (SSSR count). The Morgan fingerprint density at radius 2 is 2.24 bits per heavy atom. The second-order valence-electron chi connectivity index (χ2n) is 3.82. The van der Waals surface area contributed by atoms with E-state index in [2.05, 4.69) is 9.97 Å². The first kappa shape index (κ1) is 14.3. The molecule has 9 heteroatoms. The minimum atomic E-state index is -1.28. The minimum absolute atomic E-state index is 0.0185. The van der Waals surface area contributed by atoms with E-state index >= 15 is 0 Å². The fraction of sp³-hybridized carbons (Fsp3) is 0.0833. The molecule has 0 aliphatic carbocycles. The van der Waals surface area contributed by atoms with Gasteiger partial charge in [-0.05, 0) is 6.07 Å². The molecule has 0 atom stereocenters.